The highest BCUT2D eigenvalue weighted by atomic mass is 16.2. The van der Waals surface area contributed by atoms with Crippen LogP contribution in [0.5, 0.6) is 0 Å². The Morgan fingerprint density at radius 1 is 1.47 bits per heavy atom. The third-order valence-electron chi connectivity index (χ3n) is 2.23. The third-order valence-corrected chi connectivity index (χ3v) is 2.23. The van der Waals surface area contributed by atoms with Crippen molar-refractivity contribution in [3.63, 3.8) is 0 Å². The van der Waals surface area contributed by atoms with Gasteiger partial charge in [-0.25, -0.2) is 4.98 Å². The summed E-state index contributed by atoms with van der Waals surface area (Å²) < 4.78 is 0. The molecule has 0 unspecified atom stereocenters. The molecular formula is C9H13N5O. The van der Waals surface area contributed by atoms with Crippen molar-refractivity contribution in [1.82, 2.24) is 15.3 Å². The zero-order valence-electron chi connectivity index (χ0n) is 8.31. The lowest BCUT2D eigenvalue weighted by Gasteiger charge is -2.19. The van der Waals surface area contributed by atoms with Crippen molar-refractivity contribution in [3.05, 3.63) is 12.4 Å². The minimum absolute atomic E-state index is 0.0109. The second-order valence-corrected chi connectivity index (χ2v) is 3.43. The van der Waals surface area contributed by atoms with Gasteiger partial charge in [0.05, 0.1) is 18.9 Å². The Kier molecular flexibility index (Phi) is 2.66. The fraction of sp³-hybridized carbons (Fsp3) is 0.444. The number of rotatable bonds is 1. The van der Waals surface area contributed by atoms with E-state index in [9.17, 15) is 4.79 Å². The summed E-state index contributed by atoms with van der Waals surface area (Å²) in [6.45, 7) is 1.82. The summed E-state index contributed by atoms with van der Waals surface area (Å²) in [4.78, 5) is 21.3. The highest BCUT2D eigenvalue weighted by Crippen LogP contribution is 2.11. The molecule has 1 fully saturated rings. The number of nitrogens with one attached hydrogen (secondary N) is 1. The van der Waals surface area contributed by atoms with Crippen LogP contribution in [0.1, 0.15) is 6.42 Å². The Labute approximate surface area is 87.5 Å². The van der Waals surface area contributed by atoms with Crippen LogP contribution in [0, 0.1) is 0 Å². The van der Waals surface area contributed by atoms with Gasteiger partial charge in [-0.2, -0.15) is 0 Å². The maximum atomic E-state index is 11.3. The molecule has 6 heteroatoms. The highest BCUT2D eigenvalue weighted by Gasteiger charge is 2.16. The molecule has 0 aliphatic carbocycles. The van der Waals surface area contributed by atoms with Gasteiger partial charge in [-0.15, -0.1) is 0 Å². The van der Waals surface area contributed by atoms with Crippen LogP contribution in [-0.2, 0) is 4.79 Å². The van der Waals surface area contributed by atoms with Gasteiger partial charge in [-0.05, 0) is 6.42 Å². The minimum Gasteiger partial charge on any atom is -0.382 e. The average molecular weight is 207 g/mol. The Bertz CT molecular complexity index is 367. The molecule has 1 saturated heterocycles. The van der Waals surface area contributed by atoms with E-state index in [1.165, 1.54) is 6.20 Å². The van der Waals surface area contributed by atoms with E-state index in [1.807, 2.05) is 4.90 Å². The number of nitrogens with two attached hydrogens (primary N) is 1. The van der Waals surface area contributed by atoms with Gasteiger partial charge in [0.1, 0.15) is 11.6 Å². The number of nitrogens with zero attached hydrogens (tertiary/aromatic N) is 3. The van der Waals surface area contributed by atoms with E-state index in [0.717, 1.165) is 13.0 Å². The first-order valence-electron chi connectivity index (χ1n) is 4.85. The first-order chi connectivity index (χ1) is 7.25. The standard InChI is InChI=1S/C9H13N5O/c10-7-4-11-5-8(13-7)14-3-1-2-12-9(15)6-14/h4-5H,1-3,6H2,(H2,10,13)(H,12,15). The number of nitrogen functional groups attached to an aromatic ring is 1. The molecule has 3 N–H and O–H groups in total. The molecule has 1 aromatic rings. The zero-order valence-corrected chi connectivity index (χ0v) is 8.31. The van der Waals surface area contributed by atoms with Gasteiger partial charge in [0, 0.05) is 13.1 Å². The predicted octanol–water partition coefficient (Wildman–Crippen LogP) is -0.615. The molecule has 0 bridgehead atoms. The first kappa shape index (κ1) is 9.70. The number of carbonyl (C=O) groups excluding carboxylic acids is 1. The van der Waals surface area contributed by atoms with Gasteiger partial charge in [0.15, 0.2) is 0 Å². The van der Waals surface area contributed by atoms with E-state index in [1.54, 1.807) is 6.20 Å². The lowest BCUT2D eigenvalue weighted by atomic mass is 10.4. The van der Waals surface area contributed by atoms with Crippen LogP contribution in [0.4, 0.5) is 11.6 Å². The second-order valence-electron chi connectivity index (χ2n) is 3.43. The van der Waals surface area contributed by atoms with Crippen LogP contribution in [0.15, 0.2) is 12.4 Å². The fourth-order valence-electron chi connectivity index (χ4n) is 1.52. The van der Waals surface area contributed by atoms with Crippen LogP contribution in [-0.4, -0.2) is 35.5 Å². The van der Waals surface area contributed by atoms with Crippen molar-refractivity contribution in [2.45, 2.75) is 6.42 Å². The van der Waals surface area contributed by atoms with Gasteiger partial charge in [-0.1, -0.05) is 0 Å². The molecule has 1 aromatic heterocycles. The van der Waals surface area contributed by atoms with E-state index in [-0.39, 0.29) is 5.91 Å². The van der Waals surface area contributed by atoms with Gasteiger partial charge < -0.3 is 16.0 Å². The van der Waals surface area contributed by atoms with Crippen molar-refractivity contribution in [2.75, 3.05) is 30.3 Å². The summed E-state index contributed by atoms with van der Waals surface area (Å²) in [6, 6.07) is 0. The number of hydrogen-bond acceptors (Lipinski definition) is 5. The molecule has 1 amide bonds. The average Bonchev–Trinajstić information content (AvgIpc) is 2.43. The number of hydrogen-bond donors (Lipinski definition) is 2. The molecule has 1 aliphatic rings. The number of aromatic nitrogens is 2. The zero-order chi connectivity index (χ0) is 10.7. The topological polar surface area (TPSA) is 84.1 Å². The molecule has 80 valence electrons. The third kappa shape index (κ3) is 2.34. The number of carbonyl (C=O) groups is 1. The van der Waals surface area contributed by atoms with Gasteiger partial charge in [0.2, 0.25) is 5.91 Å². The SMILES string of the molecule is Nc1cncc(N2CCCNC(=O)C2)n1. The number of amides is 1. The van der Waals surface area contributed by atoms with Crippen LogP contribution in [0.2, 0.25) is 0 Å². The molecule has 0 saturated carbocycles. The van der Waals surface area contributed by atoms with Gasteiger partial charge in [0.25, 0.3) is 0 Å². The molecule has 0 spiro atoms. The van der Waals surface area contributed by atoms with Crippen LogP contribution in [0.25, 0.3) is 0 Å². The van der Waals surface area contributed by atoms with Gasteiger partial charge >= 0.3 is 0 Å². The highest BCUT2D eigenvalue weighted by molar-refractivity contribution is 5.81. The normalized spacial score (nSPS) is 17.1. The maximum Gasteiger partial charge on any atom is 0.239 e. The molecule has 2 rings (SSSR count). The summed E-state index contributed by atoms with van der Waals surface area (Å²) in [5.74, 6) is 1.04. The fourth-order valence-corrected chi connectivity index (χ4v) is 1.52. The second kappa shape index (κ2) is 4.12. The molecule has 6 nitrogen and oxygen atoms in total. The van der Waals surface area contributed by atoms with Crippen molar-refractivity contribution in [2.24, 2.45) is 0 Å². The van der Waals surface area contributed by atoms with E-state index in [2.05, 4.69) is 15.3 Å². The summed E-state index contributed by atoms with van der Waals surface area (Å²) in [7, 11) is 0. The van der Waals surface area contributed by atoms with Crippen LogP contribution < -0.4 is 16.0 Å². The van der Waals surface area contributed by atoms with E-state index in [4.69, 9.17) is 5.73 Å². The van der Waals surface area contributed by atoms with Crippen molar-refractivity contribution < 1.29 is 4.79 Å². The predicted molar refractivity (Wildman–Crippen MR) is 56.3 cm³/mol. The first-order valence-corrected chi connectivity index (χ1v) is 4.85. The monoisotopic (exact) mass is 207 g/mol. The Balaban J connectivity index is 2.18. The smallest absolute Gasteiger partial charge is 0.239 e. The van der Waals surface area contributed by atoms with Gasteiger partial charge in [-0.3, -0.25) is 9.78 Å². The van der Waals surface area contributed by atoms with E-state index in [0.29, 0.717) is 24.7 Å². The van der Waals surface area contributed by atoms with Crippen LogP contribution in [0.3, 0.4) is 0 Å². The van der Waals surface area contributed by atoms with Crippen molar-refractivity contribution in [1.29, 1.82) is 0 Å². The van der Waals surface area contributed by atoms with Crippen molar-refractivity contribution >= 4 is 17.5 Å². The summed E-state index contributed by atoms with van der Waals surface area (Å²) >= 11 is 0. The Hall–Kier alpha value is -1.85. The molecule has 15 heavy (non-hydrogen) atoms. The molecular weight excluding hydrogens is 194 g/mol. The Morgan fingerprint density at radius 3 is 3.13 bits per heavy atom. The largest absolute Gasteiger partial charge is 0.382 e. The molecule has 2 heterocycles. The van der Waals surface area contributed by atoms with Crippen molar-refractivity contribution in [3.8, 4) is 0 Å². The molecule has 0 radical (unpaired) electrons. The minimum atomic E-state index is 0.0109. The molecule has 0 aromatic carbocycles. The lowest BCUT2D eigenvalue weighted by Crippen LogP contribution is -2.33. The Morgan fingerprint density at radius 2 is 2.33 bits per heavy atom. The molecule has 1 aliphatic heterocycles. The van der Waals surface area contributed by atoms with E-state index < -0.39 is 0 Å². The lowest BCUT2D eigenvalue weighted by molar-refractivity contribution is -0.119. The quantitative estimate of drug-likeness (QED) is 0.641. The summed E-state index contributed by atoms with van der Waals surface area (Å²) in [6.07, 6.45) is 4.01. The molecule has 0 atom stereocenters. The summed E-state index contributed by atoms with van der Waals surface area (Å²) in [5.41, 5.74) is 5.54. The maximum absolute atomic E-state index is 11.3. The van der Waals surface area contributed by atoms with E-state index >= 15 is 0 Å². The summed E-state index contributed by atoms with van der Waals surface area (Å²) in [5, 5.41) is 2.80. The van der Waals surface area contributed by atoms with Crippen LogP contribution >= 0.6 is 0 Å². The number of anilines is 2.